The number of likely N-dealkylation sites (N-methyl/N-ethyl adjacent to an activating group) is 1. The van der Waals surface area contributed by atoms with Gasteiger partial charge in [0.15, 0.2) is 0 Å². The molecule has 3 heteroatoms. The van der Waals surface area contributed by atoms with Gasteiger partial charge in [0.2, 0.25) is 0 Å². The van der Waals surface area contributed by atoms with Crippen molar-refractivity contribution in [2.24, 2.45) is 0 Å². The van der Waals surface area contributed by atoms with Crippen LogP contribution in [0.2, 0.25) is 0 Å². The van der Waals surface area contributed by atoms with Crippen molar-refractivity contribution in [1.82, 2.24) is 4.90 Å². The van der Waals surface area contributed by atoms with Crippen LogP contribution in [0.1, 0.15) is 10.0 Å². The average molecular weight is 280 g/mol. The minimum absolute atomic E-state index is 0.198. The Bertz CT molecular complexity index is 528. The summed E-state index contributed by atoms with van der Waals surface area (Å²) >= 11 is 0.340. The number of hydrogen-bond acceptors (Lipinski definition) is 1. The molecule has 0 saturated carbocycles. The van der Waals surface area contributed by atoms with Crippen LogP contribution in [0.15, 0.2) is 24.3 Å². The summed E-state index contributed by atoms with van der Waals surface area (Å²) in [4.78, 5) is 13.4. The van der Waals surface area contributed by atoms with Crippen LogP contribution in [0, 0.1) is 6.92 Å². The zero-order chi connectivity index (χ0) is 11.7. The number of carbonyl (C=O) groups excluding carboxylic acids is 1. The van der Waals surface area contributed by atoms with E-state index < -0.39 is 0 Å². The molecule has 0 aliphatic heterocycles. The predicted molar refractivity (Wildman–Crippen MR) is 68.0 cm³/mol. The Morgan fingerprint density at radius 1 is 1.31 bits per heavy atom. The first-order valence-corrected chi connectivity index (χ1v) is 6.98. The maximum atomic E-state index is 11.7. The molecule has 0 aliphatic carbocycles. The van der Waals surface area contributed by atoms with E-state index in [0.29, 0.717) is 20.9 Å². The fourth-order valence-corrected chi connectivity index (χ4v) is 4.21. The second kappa shape index (κ2) is 4.44. The summed E-state index contributed by atoms with van der Waals surface area (Å²) in [6, 6.07) is 8.46. The van der Waals surface area contributed by atoms with Crippen molar-refractivity contribution in [3.05, 3.63) is 34.3 Å². The van der Waals surface area contributed by atoms with Gasteiger partial charge >= 0.3 is 101 Å². The van der Waals surface area contributed by atoms with Crippen molar-refractivity contribution in [1.29, 1.82) is 0 Å². The molecule has 0 radical (unpaired) electrons. The van der Waals surface area contributed by atoms with Crippen LogP contribution in [0.25, 0.3) is 9.65 Å². The molecule has 1 amide bonds. The molecule has 2 aromatic rings. The first-order valence-electron chi connectivity index (χ1n) is 5.26. The molecule has 16 heavy (non-hydrogen) atoms. The molecule has 0 atom stereocenters. The van der Waals surface area contributed by atoms with E-state index in [1.165, 1.54) is 19.6 Å². The Morgan fingerprint density at radius 2 is 2.00 bits per heavy atom. The van der Waals surface area contributed by atoms with Crippen LogP contribution in [0.3, 0.4) is 0 Å². The van der Waals surface area contributed by atoms with Gasteiger partial charge in [-0.1, -0.05) is 0 Å². The number of hydrogen-bond donors (Lipinski definition) is 0. The van der Waals surface area contributed by atoms with Crippen molar-refractivity contribution in [2.45, 2.75) is 13.3 Å². The topological polar surface area (TPSA) is 20.3 Å². The Hall–Kier alpha value is -1.05. The minimum atomic E-state index is 0.198. The SMILES string of the molecule is Cc1c(CC(=O)N(C)C)[se]c2ccccc12. The van der Waals surface area contributed by atoms with Gasteiger partial charge in [0.25, 0.3) is 0 Å². The molecular formula is C13H15NOSe. The van der Waals surface area contributed by atoms with Crippen LogP contribution in [0.4, 0.5) is 0 Å². The normalized spacial score (nSPS) is 10.7. The number of amides is 1. The monoisotopic (exact) mass is 281 g/mol. The van der Waals surface area contributed by atoms with Gasteiger partial charge in [0.1, 0.15) is 0 Å². The van der Waals surface area contributed by atoms with Crippen molar-refractivity contribution in [2.75, 3.05) is 14.1 Å². The van der Waals surface area contributed by atoms with Gasteiger partial charge in [-0.3, -0.25) is 0 Å². The molecule has 0 fully saturated rings. The van der Waals surface area contributed by atoms with Crippen LogP contribution in [0.5, 0.6) is 0 Å². The molecule has 0 spiro atoms. The summed E-state index contributed by atoms with van der Waals surface area (Å²) in [5.74, 6) is 0.198. The zero-order valence-electron chi connectivity index (χ0n) is 9.78. The second-order valence-corrected chi connectivity index (χ2v) is 6.50. The van der Waals surface area contributed by atoms with E-state index >= 15 is 0 Å². The molecule has 84 valence electrons. The van der Waals surface area contributed by atoms with Gasteiger partial charge in [-0.2, -0.15) is 0 Å². The van der Waals surface area contributed by atoms with E-state index in [1.54, 1.807) is 4.90 Å². The van der Waals surface area contributed by atoms with Crippen molar-refractivity contribution >= 4 is 30.1 Å². The van der Waals surface area contributed by atoms with Gasteiger partial charge < -0.3 is 0 Å². The van der Waals surface area contributed by atoms with Gasteiger partial charge in [0, 0.05) is 0 Å². The first kappa shape index (κ1) is 11.4. The van der Waals surface area contributed by atoms with Crippen LogP contribution in [-0.4, -0.2) is 39.4 Å². The van der Waals surface area contributed by atoms with Crippen molar-refractivity contribution in [3.63, 3.8) is 0 Å². The molecule has 1 aromatic carbocycles. The third-order valence-electron chi connectivity index (χ3n) is 2.75. The standard InChI is InChI=1S/C13H15NOSe/c1-9-10-6-4-5-7-11(10)16-12(9)8-13(15)14(2)3/h4-7H,8H2,1-3H3. The second-order valence-electron chi connectivity index (χ2n) is 4.11. The number of fused-ring (bicyclic) bond motifs is 1. The van der Waals surface area contributed by atoms with Crippen LogP contribution >= 0.6 is 0 Å². The molecule has 0 unspecified atom stereocenters. The number of aryl methyl sites for hydroxylation is 1. The molecule has 0 N–H and O–H groups in total. The van der Waals surface area contributed by atoms with Gasteiger partial charge in [-0.25, -0.2) is 0 Å². The number of carbonyl (C=O) groups is 1. The summed E-state index contributed by atoms with van der Waals surface area (Å²) in [6.07, 6.45) is 0.577. The third-order valence-corrected chi connectivity index (χ3v) is 5.42. The van der Waals surface area contributed by atoms with Crippen LogP contribution in [-0.2, 0) is 11.2 Å². The van der Waals surface area contributed by atoms with Crippen molar-refractivity contribution < 1.29 is 4.79 Å². The quantitative estimate of drug-likeness (QED) is 0.769. The Balaban J connectivity index is 2.38. The summed E-state index contributed by atoms with van der Waals surface area (Å²) in [6.45, 7) is 2.13. The van der Waals surface area contributed by atoms with Crippen molar-refractivity contribution in [3.8, 4) is 0 Å². The van der Waals surface area contributed by atoms with E-state index in [2.05, 4.69) is 31.2 Å². The molecule has 0 aliphatic rings. The third kappa shape index (κ3) is 2.06. The number of benzene rings is 1. The van der Waals surface area contributed by atoms with E-state index in [9.17, 15) is 4.79 Å². The fourth-order valence-electron chi connectivity index (χ4n) is 1.69. The van der Waals surface area contributed by atoms with Gasteiger partial charge in [-0.15, -0.1) is 0 Å². The molecule has 2 rings (SSSR count). The molecule has 2 nitrogen and oxygen atoms in total. The fraction of sp³-hybridized carbons (Fsp3) is 0.308. The molecule has 0 bridgehead atoms. The predicted octanol–water partition coefficient (Wildman–Crippen LogP) is 1.84. The van der Waals surface area contributed by atoms with Gasteiger partial charge in [0.05, 0.1) is 0 Å². The van der Waals surface area contributed by atoms with E-state index in [-0.39, 0.29) is 5.91 Å². The zero-order valence-corrected chi connectivity index (χ0v) is 11.5. The van der Waals surface area contributed by atoms with E-state index in [1.807, 2.05) is 14.1 Å². The van der Waals surface area contributed by atoms with E-state index in [0.717, 1.165) is 0 Å². The Morgan fingerprint density at radius 3 is 2.62 bits per heavy atom. The summed E-state index contributed by atoms with van der Waals surface area (Å²) < 4.78 is 2.74. The summed E-state index contributed by atoms with van der Waals surface area (Å²) in [5, 5.41) is 1.34. The molecule has 1 aromatic heterocycles. The van der Waals surface area contributed by atoms with Gasteiger partial charge in [-0.05, 0) is 0 Å². The maximum absolute atomic E-state index is 11.7. The molecular weight excluding hydrogens is 265 g/mol. The Kier molecular flexibility index (Phi) is 3.17. The molecule has 0 saturated heterocycles. The summed E-state index contributed by atoms with van der Waals surface area (Å²) in [7, 11) is 3.63. The summed E-state index contributed by atoms with van der Waals surface area (Å²) in [5.41, 5.74) is 1.31. The number of nitrogens with zero attached hydrogens (tertiary/aromatic N) is 1. The average Bonchev–Trinajstić information content (AvgIpc) is 2.56. The Labute approximate surface area is 102 Å². The van der Waals surface area contributed by atoms with Crippen LogP contribution < -0.4 is 0 Å². The molecule has 1 heterocycles. The van der Waals surface area contributed by atoms with E-state index in [4.69, 9.17) is 0 Å². The first-order chi connectivity index (χ1) is 7.59. The number of rotatable bonds is 2.